The van der Waals surface area contributed by atoms with Crippen molar-refractivity contribution in [2.45, 2.75) is 26.2 Å². The largest absolute Gasteiger partial charge is 0.496 e. The quantitative estimate of drug-likeness (QED) is 0.432. The maximum Gasteiger partial charge on any atom is 0.259 e. The molecule has 4 aromatic rings. The summed E-state index contributed by atoms with van der Waals surface area (Å²) in [5.74, 6) is 0.660. The molecule has 0 unspecified atom stereocenters. The lowest BCUT2D eigenvalue weighted by Crippen LogP contribution is -2.13. The minimum atomic E-state index is -0.307. The Labute approximate surface area is 186 Å². The molecule has 0 spiro atoms. The molecule has 0 fully saturated rings. The van der Waals surface area contributed by atoms with E-state index < -0.39 is 0 Å². The summed E-state index contributed by atoms with van der Waals surface area (Å²) in [5.41, 5.74) is 3.28. The van der Waals surface area contributed by atoms with E-state index in [4.69, 9.17) is 9.15 Å². The van der Waals surface area contributed by atoms with Gasteiger partial charge >= 0.3 is 0 Å². The number of hydrogen-bond donors (Lipinski definition) is 1. The van der Waals surface area contributed by atoms with Gasteiger partial charge in [-0.25, -0.2) is 0 Å². The Morgan fingerprint density at radius 1 is 0.938 bits per heavy atom. The molecule has 4 rings (SSSR count). The minimum absolute atomic E-state index is 0.0390. The van der Waals surface area contributed by atoms with Gasteiger partial charge in [0.05, 0.1) is 18.1 Å². The van der Waals surface area contributed by atoms with E-state index in [9.17, 15) is 9.59 Å². The van der Waals surface area contributed by atoms with Crippen molar-refractivity contribution in [1.29, 1.82) is 0 Å². The Kier molecular flexibility index (Phi) is 5.57. The number of benzene rings is 3. The van der Waals surface area contributed by atoms with Crippen LogP contribution in [0.1, 0.15) is 36.7 Å². The molecule has 0 saturated heterocycles. The van der Waals surface area contributed by atoms with E-state index >= 15 is 0 Å². The number of fused-ring (bicyclic) bond motifs is 1. The first kappa shape index (κ1) is 21.4. The van der Waals surface area contributed by atoms with Crippen molar-refractivity contribution in [2.24, 2.45) is 0 Å². The van der Waals surface area contributed by atoms with Gasteiger partial charge < -0.3 is 14.5 Å². The molecular weight excluding hydrogens is 402 g/mol. The molecule has 0 bridgehead atoms. The molecule has 0 aliphatic carbocycles. The first-order valence-corrected chi connectivity index (χ1v) is 10.4. The lowest BCUT2D eigenvalue weighted by Gasteiger charge is -2.19. The predicted molar refractivity (Wildman–Crippen MR) is 128 cm³/mol. The minimum Gasteiger partial charge on any atom is -0.496 e. The first-order valence-electron chi connectivity index (χ1n) is 10.4. The molecule has 5 nitrogen and oxygen atoms in total. The third-order valence-electron chi connectivity index (χ3n) is 5.37. The Hall–Kier alpha value is -3.86. The first-order chi connectivity index (χ1) is 15.3. The normalized spacial score (nSPS) is 11.4. The van der Waals surface area contributed by atoms with Gasteiger partial charge in [-0.05, 0) is 35.2 Å². The molecule has 0 saturated carbocycles. The molecular formula is C27H25NO4. The summed E-state index contributed by atoms with van der Waals surface area (Å²) < 4.78 is 11.3. The molecule has 1 amide bonds. The lowest BCUT2D eigenvalue weighted by atomic mass is 9.86. The van der Waals surface area contributed by atoms with E-state index in [1.165, 1.54) is 18.7 Å². The number of anilines is 1. The highest BCUT2D eigenvalue weighted by Crippen LogP contribution is 2.28. The highest BCUT2D eigenvalue weighted by atomic mass is 16.5. The number of para-hydroxylation sites is 1. The van der Waals surface area contributed by atoms with Crippen molar-refractivity contribution in [3.63, 3.8) is 0 Å². The molecule has 0 atom stereocenters. The van der Waals surface area contributed by atoms with Crippen LogP contribution in [0.5, 0.6) is 5.75 Å². The Morgan fingerprint density at radius 3 is 2.34 bits per heavy atom. The maximum atomic E-state index is 12.7. The summed E-state index contributed by atoms with van der Waals surface area (Å²) in [4.78, 5) is 25.4. The summed E-state index contributed by atoms with van der Waals surface area (Å²) in [7, 11) is 1.52. The fraction of sp³-hybridized carbons (Fsp3) is 0.185. The molecule has 0 aliphatic heterocycles. The van der Waals surface area contributed by atoms with E-state index in [2.05, 4.69) is 26.1 Å². The number of nitrogens with one attached hydrogen (secondary N) is 1. The van der Waals surface area contributed by atoms with E-state index in [-0.39, 0.29) is 16.8 Å². The third-order valence-corrected chi connectivity index (χ3v) is 5.37. The van der Waals surface area contributed by atoms with Gasteiger partial charge in [0, 0.05) is 23.4 Å². The zero-order valence-corrected chi connectivity index (χ0v) is 18.6. The summed E-state index contributed by atoms with van der Waals surface area (Å²) in [6.07, 6.45) is 0. The second kappa shape index (κ2) is 8.35. The van der Waals surface area contributed by atoms with Crippen LogP contribution in [0.3, 0.4) is 0 Å². The molecule has 32 heavy (non-hydrogen) atoms. The van der Waals surface area contributed by atoms with Crippen LogP contribution in [0, 0.1) is 0 Å². The van der Waals surface area contributed by atoms with Crippen LogP contribution < -0.4 is 15.5 Å². The number of methoxy groups -OCH3 is 1. The lowest BCUT2D eigenvalue weighted by molar-refractivity contribution is 0.102. The number of ether oxygens (including phenoxy) is 1. The molecule has 0 radical (unpaired) electrons. The number of carbonyl (C=O) groups excluding carboxylic acids is 1. The Morgan fingerprint density at radius 2 is 1.66 bits per heavy atom. The van der Waals surface area contributed by atoms with E-state index in [1.807, 2.05) is 24.3 Å². The standard InChI is InChI=1S/C27H25NO4/c1-27(2,3)18-11-9-17(10-12-18)24-16-22(29)20-14-13-19(15-25(20)32-24)28-26(30)21-7-5-6-8-23(21)31-4/h5-16H,1-4H3,(H,28,30). The third kappa shape index (κ3) is 4.28. The van der Waals surface area contributed by atoms with Gasteiger partial charge in [0.25, 0.3) is 5.91 Å². The van der Waals surface area contributed by atoms with Crippen molar-refractivity contribution in [2.75, 3.05) is 12.4 Å². The number of amides is 1. The number of hydrogen-bond acceptors (Lipinski definition) is 4. The number of rotatable bonds is 4. The fourth-order valence-corrected chi connectivity index (χ4v) is 3.54. The van der Waals surface area contributed by atoms with Gasteiger partial charge in [0.2, 0.25) is 0 Å². The monoisotopic (exact) mass is 427 g/mol. The highest BCUT2D eigenvalue weighted by Gasteiger charge is 2.15. The molecule has 0 aliphatic rings. The Bertz CT molecular complexity index is 1340. The molecule has 162 valence electrons. The van der Waals surface area contributed by atoms with Crippen molar-refractivity contribution in [3.05, 3.63) is 94.1 Å². The van der Waals surface area contributed by atoms with Crippen molar-refractivity contribution >= 4 is 22.6 Å². The summed E-state index contributed by atoms with van der Waals surface area (Å²) in [6.45, 7) is 6.46. The summed E-state index contributed by atoms with van der Waals surface area (Å²) in [6, 6.07) is 21.5. The smallest absolute Gasteiger partial charge is 0.259 e. The molecule has 1 N–H and O–H groups in total. The average Bonchev–Trinajstić information content (AvgIpc) is 2.78. The van der Waals surface area contributed by atoms with Gasteiger partial charge in [0.1, 0.15) is 17.1 Å². The SMILES string of the molecule is COc1ccccc1C(=O)Nc1ccc2c(=O)cc(-c3ccc(C(C)(C)C)cc3)oc2c1. The molecule has 3 aromatic carbocycles. The Balaban J connectivity index is 1.68. The van der Waals surface area contributed by atoms with Crippen LogP contribution in [0.2, 0.25) is 0 Å². The summed E-state index contributed by atoms with van der Waals surface area (Å²) >= 11 is 0. The number of carbonyl (C=O) groups is 1. The maximum absolute atomic E-state index is 12.7. The predicted octanol–water partition coefficient (Wildman–Crippen LogP) is 6.02. The molecule has 1 heterocycles. The second-order valence-electron chi connectivity index (χ2n) is 8.67. The van der Waals surface area contributed by atoms with Crippen LogP contribution >= 0.6 is 0 Å². The zero-order chi connectivity index (χ0) is 22.9. The van der Waals surface area contributed by atoms with Crippen molar-refractivity contribution < 1.29 is 13.9 Å². The van der Waals surface area contributed by atoms with Gasteiger partial charge in [-0.2, -0.15) is 0 Å². The van der Waals surface area contributed by atoms with Gasteiger partial charge in [-0.15, -0.1) is 0 Å². The highest BCUT2D eigenvalue weighted by molar-refractivity contribution is 6.06. The van der Waals surface area contributed by atoms with E-state index in [0.29, 0.717) is 33.7 Å². The zero-order valence-electron chi connectivity index (χ0n) is 18.6. The molecule has 5 heteroatoms. The van der Waals surface area contributed by atoms with Crippen LogP contribution in [0.15, 0.2) is 82.0 Å². The molecule has 1 aromatic heterocycles. The topological polar surface area (TPSA) is 68.5 Å². The fourth-order valence-electron chi connectivity index (χ4n) is 3.54. The average molecular weight is 428 g/mol. The van der Waals surface area contributed by atoms with Crippen LogP contribution in [0.4, 0.5) is 5.69 Å². The van der Waals surface area contributed by atoms with E-state index in [0.717, 1.165) is 5.56 Å². The second-order valence-corrected chi connectivity index (χ2v) is 8.67. The summed E-state index contributed by atoms with van der Waals surface area (Å²) in [5, 5.41) is 3.30. The van der Waals surface area contributed by atoms with Crippen LogP contribution in [-0.4, -0.2) is 13.0 Å². The van der Waals surface area contributed by atoms with Gasteiger partial charge in [0.15, 0.2) is 5.43 Å². The van der Waals surface area contributed by atoms with Crippen molar-refractivity contribution in [3.8, 4) is 17.1 Å². The van der Waals surface area contributed by atoms with Gasteiger partial charge in [-0.3, -0.25) is 9.59 Å². The van der Waals surface area contributed by atoms with Crippen LogP contribution in [0.25, 0.3) is 22.3 Å². The van der Waals surface area contributed by atoms with Crippen LogP contribution in [-0.2, 0) is 5.41 Å². The van der Waals surface area contributed by atoms with E-state index in [1.54, 1.807) is 42.5 Å². The van der Waals surface area contributed by atoms with Crippen molar-refractivity contribution in [1.82, 2.24) is 0 Å². The van der Waals surface area contributed by atoms with Gasteiger partial charge in [-0.1, -0.05) is 57.2 Å².